The molecule has 0 aliphatic rings. The van der Waals surface area contributed by atoms with Crippen LogP contribution < -0.4 is 5.73 Å². The van der Waals surface area contributed by atoms with Gasteiger partial charge in [0.25, 0.3) is 0 Å². The van der Waals surface area contributed by atoms with Crippen molar-refractivity contribution in [3.05, 3.63) is 0 Å². The molecule has 2 N–H and O–H groups in total. The number of nitrogens with zero attached hydrogens (tertiary/aromatic N) is 1. The number of likely N-dealkylation sites (N-methyl/N-ethyl adjacent to an activating group) is 1. The molecule has 0 amide bonds. The van der Waals surface area contributed by atoms with Crippen LogP contribution >= 0.6 is 11.8 Å². The van der Waals surface area contributed by atoms with Crippen molar-refractivity contribution < 1.29 is 0 Å². The molecule has 3 heteroatoms. The fraction of sp³-hybridized carbons (Fsp3) is 1.00. The molecule has 2 nitrogen and oxygen atoms in total. The summed E-state index contributed by atoms with van der Waals surface area (Å²) in [6.07, 6.45) is 5.65. The van der Waals surface area contributed by atoms with Crippen LogP contribution in [-0.2, 0) is 0 Å². The Bertz CT molecular complexity index is 160. The van der Waals surface area contributed by atoms with Gasteiger partial charge in [0, 0.05) is 23.9 Å². The van der Waals surface area contributed by atoms with Crippen molar-refractivity contribution in [2.24, 2.45) is 5.73 Å². The van der Waals surface area contributed by atoms with Crippen LogP contribution in [0.1, 0.15) is 40.0 Å². The van der Waals surface area contributed by atoms with Gasteiger partial charge >= 0.3 is 0 Å². The Morgan fingerprint density at radius 1 is 1.40 bits per heavy atom. The van der Waals surface area contributed by atoms with Gasteiger partial charge in [0.1, 0.15) is 0 Å². The quantitative estimate of drug-likeness (QED) is 0.697. The Balaban J connectivity index is 4.12. The second-order valence-electron chi connectivity index (χ2n) is 4.84. The summed E-state index contributed by atoms with van der Waals surface area (Å²) in [6.45, 7) is 7.62. The molecule has 92 valence electrons. The van der Waals surface area contributed by atoms with Crippen LogP contribution in [0, 0.1) is 0 Å². The molecule has 2 atom stereocenters. The smallest absolute Gasteiger partial charge is 0.0254 e. The molecule has 0 radical (unpaired) electrons. The van der Waals surface area contributed by atoms with Gasteiger partial charge in [-0.05, 0) is 33.1 Å². The molecule has 0 aromatic rings. The van der Waals surface area contributed by atoms with Gasteiger partial charge in [-0.2, -0.15) is 11.8 Å². The molecule has 15 heavy (non-hydrogen) atoms. The van der Waals surface area contributed by atoms with E-state index in [1.807, 2.05) is 11.8 Å². The summed E-state index contributed by atoms with van der Waals surface area (Å²) in [5.74, 6) is 1.20. The number of thioether (sulfide) groups is 1. The first-order valence-electron chi connectivity index (χ1n) is 5.95. The van der Waals surface area contributed by atoms with Crippen molar-refractivity contribution in [1.29, 1.82) is 0 Å². The molecule has 0 aromatic carbocycles. The lowest BCUT2D eigenvalue weighted by atomic mass is 9.96. The van der Waals surface area contributed by atoms with Crippen LogP contribution in [0.2, 0.25) is 0 Å². The number of rotatable bonds is 8. The first-order valence-corrected chi connectivity index (χ1v) is 7.34. The van der Waals surface area contributed by atoms with Gasteiger partial charge in [-0.25, -0.2) is 0 Å². The first-order chi connectivity index (χ1) is 6.96. The summed E-state index contributed by atoms with van der Waals surface area (Å²) in [5, 5.41) is 0. The molecule has 0 aliphatic heterocycles. The van der Waals surface area contributed by atoms with Crippen molar-refractivity contribution in [2.75, 3.05) is 25.6 Å². The van der Waals surface area contributed by atoms with E-state index in [9.17, 15) is 0 Å². The summed E-state index contributed by atoms with van der Waals surface area (Å²) in [7, 11) is 2.20. The van der Waals surface area contributed by atoms with E-state index < -0.39 is 0 Å². The van der Waals surface area contributed by atoms with E-state index in [2.05, 4.69) is 39.0 Å². The fourth-order valence-corrected chi connectivity index (χ4v) is 2.97. The predicted molar refractivity (Wildman–Crippen MR) is 72.6 cm³/mol. The molecule has 0 heterocycles. The predicted octanol–water partition coefficient (Wildman–Crippen LogP) is 2.58. The molecular formula is C12H28N2S. The summed E-state index contributed by atoms with van der Waals surface area (Å²) >= 11 is 1.92. The molecule has 0 fully saturated rings. The van der Waals surface area contributed by atoms with Gasteiger partial charge in [-0.3, -0.25) is 0 Å². The summed E-state index contributed by atoms with van der Waals surface area (Å²) in [5.41, 5.74) is 6.24. The van der Waals surface area contributed by atoms with E-state index in [-0.39, 0.29) is 5.54 Å². The maximum atomic E-state index is 6.27. The lowest BCUT2D eigenvalue weighted by Gasteiger charge is -2.34. The first kappa shape index (κ1) is 15.3. The van der Waals surface area contributed by atoms with Gasteiger partial charge in [-0.1, -0.05) is 20.3 Å². The largest absolute Gasteiger partial charge is 0.324 e. The highest BCUT2D eigenvalue weighted by Gasteiger charge is 2.22. The maximum Gasteiger partial charge on any atom is 0.0254 e. The molecular weight excluding hydrogens is 204 g/mol. The lowest BCUT2D eigenvalue weighted by molar-refractivity contribution is 0.197. The summed E-state index contributed by atoms with van der Waals surface area (Å²) in [4.78, 5) is 2.42. The Labute approximate surface area is 100.0 Å². The minimum atomic E-state index is -0.0324. The van der Waals surface area contributed by atoms with E-state index in [1.165, 1.54) is 18.6 Å². The second-order valence-corrected chi connectivity index (χ2v) is 5.75. The van der Waals surface area contributed by atoms with Gasteiger partial charge in [0.15, 0.2) is 0 Å². The zero-order valence-electron chi connectivity index (χ0n) is 11.0. The van der Waals surface area contributed by atoms with Crippen molar-refractivity contribution in [3.63, 3.8) is 0 Å². The SMILES string of the molecule is CCCC(C)(N)CN(C)C(CC)CSC. The van der Waals surface area contributed by atoms with E-state index >= 15 is 0 Å². The molecule has 0 rings (SSSR count). The third kappa shape index (κ3) is 6.44. The highest BCUT2D eigenvalue weighted by Crippen LogP contribution is 2.14. The third-order valence-electron chi connectivity index (χ3n) is 2.89. The number of hydrogen-bond acceptors (Lipinski definition) is 3. The number of nitrogens with two attached hydrogens (primary N) is 1. The fourth-order valence-electron chi connectivity index (χ4n) is 2.10. The Morgan fingerprint density at radius 3 is 2.40 bits per heavy atom. The van der Waals surface area contributed by atoms with Crippen LogP contribution in [0.15, 0.2) is 0 Å². The van der Waals surface area contributed by atoms with E-state index in [1.54, 1.807) is 0 Å². The third-order valence-corrected chi connectivity index (χ3v) is 3.60. The molecule has 0 aliphatic carbocycles. The van der Waals surface area contributed by atoms with E-state index in [0.717, 1.165) is 13.0 Å². The van der Waals surface area contributed by atoms with Crippen LogP contribution in [-0.4, -0.2) is 42.1 Å². The monoisotopic (exact) mass is 232 g/mol. The van der Waals surface area contributed by atoms with Crippen LogP contribution in [0.25, 0.3) is 0 Å². The van der Waals surface area contributed by atoms with Crippen LogP contribution in [0.5, 0.6) is 0 Å². The zero-order valence-corrected chi connectivity index (χ0v) is 11.9. The van der Waals surface area contributed by atoms with Crippen molar-refractivity contribution in [1.82, 2.24) is 4.90 Å². The normalized spacial score (nSPS) is 17.8. The zero-order chi connectivity index (χ0) is 11.9. The van der Waals surface area contributed by atoms with Gasteiger partial charge in [0.05, 0.1) is 0 Å². The summed E-state index contributed by atoms with van der Waals surface area (Å²) < 4.78 is 0. The average Bonchev–Trinajstić information content (AvgIpc) is 2.12. The standard InChI is InChI=1S/C12H28N2S/c1-6-8-12(3,13)10-14(4)11(7-2)9-15-5/h11H,6-10,13H2,1-5H3. The van der Waals surface area contributed by atoms with Gasteiger partial charge < -0.3 is 10.6 Å². The Kier molecular flexibility index (Phi) is 7.66. The molecule has 0 saturated heterocycles. The topological polar surface area (TPSA) is 29.3 Å². The van der Waals surface area contributed by atoms with Crippen molar-refractivity contribution in [2.45, 2.75) is 51.6 Å². The van der Waals surface area contributed by atoms with Gasteiger partial charge in [-0.15, -0.1) is 0 Å². The van der Waals surface area contributed by atoms with Crippen molar-refractivity contribution >= 4 is 11.8 Å². The van der Waals surface area contributed by atoms with Crippen molar-refractivity contribution in [3.8, 4) is 0 Å². The average molecular weight is 232 g/mol. The van der Waals surface area contributed by atoms with E-state index in [4.69, 9.17) is 5.73 Å². The molecule has 2 unspecified atom stereocenters. The minimum Gasteiger partial charge on any atom is -0.324 e. The Hall–Kier alpha value is 0.270. The lowest BCUT2D eigenvalue weighted by Crippen LogP contribution is -2.49. The highest BCUT2D eigenvalue weighted by atomic mass is 32.2. The summed E-state index contributed by atoms with van der Waals surface area (Å²) in [6, 6.07) is 0.666. The number of hydrogen-bond donors (Lipinski definition) is 1. The maximum absolute atomic E-state index is 6.27. The second kappa shape index (κ2) is 7.53. The van der Waals surface area contributed by atoms with Crippen LogP contribution in [0.3, 0.4) is 0 Å². The molecule has 0 aromatic heterocycles. The molecule has 0 spiro atoms. The molecule has 0 saturated carbocycles. The minimum absolute atomic E-state index is 0.0324. The van der Waals surface area contributed by atoms with E-state index in [0.29, 0.717) is 6.04 Å². The Morgan fingerprint density at radius 2 is 2.00 bits per heavy atom. The van der Waals surface area contributed by atoms with Crippen LogP contribution in [0.4, 0.5) is 0 Å². The highest BCUT2D eigenvalue weighted by molar-refractivity contribution is 7.98. The molecule has 0 bridgehead atoms. The van der Waals surface area contributed by atoms with Gasteiger partial charge in [0.2, 0.25) is 0 Å².